The number of nitrogens with zero attached hydrogens (tertiary/aromatic N) is 2. The number of fused-ring (bicyclic) bond motifs is 5. The van der Waals surface area contributed by atoms with Gasteiger partial charge in [0.05, 0.1) is 27.7 Å². The van der Waals surface area contributed by atoms with Crippen LogP contribution >= 0.6 is 0 Å². The maximum atomic E-state index is 14.3. The van der Waals surface area contributed by atoms with Crippen LogP contribution in [0.15, 0.2) is 47.3 Å². The van der Waals surface area contributed by atoms with Gasteiger partial charge in [0.15, 0.2) is 17.6 Å². The highest BCUT2D eigenvalue weighted by Gasteiger charge is 2.50. The van der Waals surface area contributed by atoms with E-state index in [1.807, 2.05) is 67.0 Å². The van der Waals surface area contributed by atoms with Crippen LogP contribution in [0, 0.1) is 0 Å². The van der Waals surface area contributed by atoms with Gasteiger partial charge in [-0.3, -0.25) is 14.4 Å². The molecule has 2 atom stereocenters. The van der Waals surface area contributed by atoms with Crippen molar-refractivity contribution in [3.05, 3.63) is 58.3 Å². The SMILES string of the molecule is CC(=O)O[C@@H]1c2c(cc(NCCN(C)C)c3c(=O)c4cc5ccccc5cc4n(C)c23)OC(C)(C)[C@H]1OC(C)=O. The second kappa shape index (κ2) is 10.1. The smallest absolute Gasteiger partial charge is 0.303 e. The third-order valence-electron chi connectivity index (χ3n) is 7.41. The molecule has 9 nitrogen and oxygen atoms in total. The molecule has 1 N–H and O–H groups in total. The lowest BCUT2D eigenvalue weighted by atomic mass is 9.86. The third-order valence-corrected chi connectivity index (χ3v) is 7.41. The van der Waals surface area contributed by atoms with Crippen molar-refractivity contribution in [2.75, 3.05) is 32.5 Å². The summed E-state index contributed by atoms with van der Waals surface area (Å²) in [6.07, 6.45) is -1.94. The normalized spacial score (nSPS) is 18.0. The zero-order valence-electron chi connectivity index (χ0n) is 24.0. The van der Waals surface area contributed by atoms with Crippen molar-refractivity contribution >= 4 is 50.2 Å². The fraction of sp³-hybridized carbons (Fsp3) is 0.387. The topological polar surface area (TPSA) is 99.1 Å². The number of pyridine rings is 1. The van der Waals surface area contributed by atoms with Gasteiger partial charge in [-0.1, -0.05) is 24.3 Å². The first-order valence-electron chi connectivity index (χ1n) is 13.3. The monoisotopic (exact) mass is 545 g/mol. The van der Waals surface area contributed by atoms with E-state index in [2.05, 4.69) is 5.32 Å². The van der Waals surface area contributed by atoms with Gasteiger partial charge in [-0.25, -0.2) is 0 Å². The predicted octanol–water partition coefficient (Wildman–Crippen LogP) is 4.53. The zero-order valence-corrected chi connectivity index (χ0v) is 24.0. The number of rotatable bonds is 6. The van der Waals surface area contributed by atoms with E-state index in [-0.39, 0.29) is 5.43 Å². The van der Waals surface area contributed by atoms with Crippen molar-refractivity contribution in [1.82, 2.24) is 9.47 Å². The number of benzene rings is 3. The lowest BCUT2D eigenvalue weighted by Crippen LogP contribution is -2.52. The summed E-state index contributed by atoms with van der Waals surface area (Å²) in [5.41, 5.74) is 1.20. The molecule has 0 saturated heterocycles. The molecule has 0 bridgehead atoms. The van der Waals surface area contributed by atoms with Crippen molar-refractivity contribution in [3.63, 3.8) is 0 Å². The molecule has 5 rings (SSSR count). The van der Waals surface area contributed by atoms with Gasteiger partial charge in [-0.15, -0.1) is 0 Å². The zero-order chi connectivity index (χ0) is 28.9. The van der Waals surface area contributed by atoms with Gasteiger partial charge in [0.2, 0.25) is 0 Å². The summed E-state index contributed by atoms with van der Waals surface area (Å²) in [6, 6.07) is 13.6. The number of anilines is 1. The first-order valence-corrected chi connectivity index (χ1v) is 13.3. The third kappa shape index (κ3) is 4.75. The molecule has 0 fully saturated rings. The standard InChI is InChI=1S/C31H35N3O6/c1-17(35)38-29-26-24(40-31(3,4)30(29)39-18(2)36)16-22(32-12-13-33(5)6)25-27(26)34(7)23-15-20-11-9-8-10-19(20)14-21(23)28(25)37/h8-11,14-16,29-30,32H,12-13H2,1-7H3/t29-,30+/m1/s1. The summed E-state index contributed by atoms with van der Waals surface area (Å²) in [5.74, 6) is -0.613. The van der Waals surface area contributed by atoms with Crippen LogP contribution in [-0.4, -0.2) is 60.3 Å². The van der Waals surface area contributed by atoms with Crippen LogP contribution in [-0.2, 0) is 26.1 Å². The minimum atomic E-state index is -1.03. The van der Waals surface area contributed by atoms with Crippen LogP contribution in [0.25, 0.3) is 32.6 Å². The molecular weight excluding hydrogens is 510 g/mol. The Balaban J connectivity index is 1.91. The van der Waals surface area contributed by atoms with Crippen LogP contribution in [0.2, 0.25) is 0 Å². The van der Waals surface area contributed by atoms with Crippen LogP contribution in [0.5, 0.6) is 5.75 Å². The van der Waals surface area contributed by atoms with E-state index in [0.29, 0.717) is 39.8 Å². The average Bonchev–Trinajstić information content (AvgIpc) is 2.87. The van der Waals surface area contributed by atoms with Crippen molar-refractivity contribution in [1.29, 1.82) is 0 Å². The molecule has 0 radical (unpaired) electrons. The number of carbonyl (C=O) groups is 2. The highest BCUT2D eigenvalue weighted by molar-refractivity contribution is 6.06. The first-order chi connectivity index (χ1) is 18.9. The fourth-order valence-electron chi connectivity index (χ4n) is 5.63. The summed E-state index contributed by atoms with van der Waals surface area (Å²) in [5, 5.41) is 6.41. The number of likely N-dealkylation sites (N-methyl/N-ethyl adjacent to an activating group) is 1. The van der Waals surface area contributed by atoms with E-state index in [9.17, 15) is 14.4 Å². The maximum absolute atomic E-state index is 14.3. The Labute approximate surface area is 232 Å². The predicted molar refractivity (Wildman–Crippen MR) is 156 cm³/mol. The molecule has 9 heteroatoms. The molecule has 3 aromatic carbocycles. The van der Waals surface area contributed by atoms with Gasteiger partial charge in [0, 0.05) is 45.4 Å². The molecule has 0 spiro atoms. The van der Waals surface area contributed by atoms with Crippen LogP contribution in [0.4, 0.5) is 5.69 Å². The minimum Gasteiger partial charge on any atom is -0.483 e. The number of aromatic nitrogens is 1. The van der Waals surface area contributed by atoms with Crippen molar-refractivity contribution in [2.24, 2.45) is 7.05 Å². The van der Waals surface area contributed by atoms with Gasteiger partial charge < -0.3 is 29.0 Å². The van der Waals surface area contributed by atoms with E-state index >= 15 is 0 Å². The fourth-order valence-corrected chi connectivity index (χ4v) is 5.63. The maximum Gasteiger partial charge on any atom is 0.303 e. The number of aryl methyl sites for hydroxylation is 1. The second-order valence-electron chi connectivity index (χ2n) is 11.2. The largest absolute Gasteiger partial charge is 0.483 e. The Bertz CT molecular complexity index is 1720. The second-order valence-corrected chi connectivity index (χ2v) is 11.2. The Hall–Kier alpha value is -4.11. The van der Waals surface area contributed by atoms with Gasteiger partial charge >= 0.3 is 11.9 Å². The first kappa shape index (κ1) is 27.5. The summed E-state index contributed by atoms with van der Waals surface area (Å²) in [4.78, 5) is 40.9. The van der Waals surface area contributed by atoms with Crippen molar-refractivity contribution in [2.45, 2.75) is 45.5 Å². The van der Waals surface area contributed by atoms with E-state index < -0.39 is 29.7 Å². The molecule has 1 aliphatic rings. The van der Waals surface area contributed by atoms with E-state index in [4.69, 9.17) is 14.2 Å². The molecule has 4 aromatic rings. The Morgan fingerprint density at radius 1 is 1.05 bits per heavy atom. The number of hydrogen-bond donors (Lipinski definition) is 1. The van der Waals surface area contributed by atoms with Crippen LogP contribution in [0.3, 0.4) is 0 Å². The van der Waals surface area contributed by atoms with Gasteiger partial charge in [-0.2, -0.15) is 0 Å². The minimum absolute atomic E-state index is 0.153. The molecule has 0 unspecified atom stereocenters. The molecule has 40 heavy (non-hydrogen) atoms. The molecule has 0 amide bonds. The quantitative estimate of drug-likeness (QED) is 0.279. The highest BCUT2D eigenvalue weighted by Crippen LogP contribution is 2.48. The van der Waals surface area contributed by atoms with E-state index in [1.54, 1.807) is 19.9 Å². The molecule has 210 valence electrons. The van der Waals surface area contributed by atoms with Crippen molar-refractivity contribution < 1.29 is 23.8 Å². The van der Waals surface area contributed by atoms with E-state index in [0.717, 1.165) is 22.8 Å². The number of esters is 2. The Morgan fingerprint density at radius 2 is 1.70 bits per heavy atom. The van der Waals surface area contributed by atoms with Gasteiger partial charge in [0.25, 0.3) is 0 Å². The molecular formula is C31H35N3O6. The van der Waals surface area contributed by atoms with Crippen LogP contribution < -0.4 is 15.5 Å². The summed E-state index contributed by atoms with van der Waals surface area (Å²) < 4.78 is 20.0. The number of carbonyl (C=O) groups excluding carboxylic acids is 2. The molecule has 0 aliphatic carbocycles. The molecule has 1 aromatic heterocycles. The average molecular weight is 546 g/mol. The lowest BCUT2D eigenvalue weighted by molar-refractivity contribution is -0.187. The molecule has 2 heterocycles. The molecule has 0 saturated carbocycles. The summed E-state index contributed by atoms with van der Waals surface area (Å²) in [6.45, 7) is 7.53. The number of nitrogens with one attached hydrogen (secondary N) is 1. The van der Waals surface area contributed by atoms with Crippen LogP contribution in [0.1, 0.15) is 39.4 Å². The van der Waals surface area contributed by atoms with Crippen molar-refractivity contribution in [3.8, 4) is 5.75 Å². The summed E-state index contributed by atoms with van der Waals surface area (Å²) >= 11 is 0. The Morgan fingerprint density at radius 3 is 2.33 bits per heavy atom. The van der Waals surface area contributed by atoms with E-state index in [1.165, 1.54) is 13.8 Å². The lowest BCUT2D eigenvalue weighted by Gasteiger charge is -2.43. The summed E-state index contributed by atoms with van der Waals surface area (Å²) in [7, 11) is 5.84. The number of ether oxygens (including phenoxy) is 3. The number of hydrogen-bond acceptors (Lipinski definition) is 8. The van der Waals surface area contributed by atoms with Gasteiger partial charge in [-0.05, 0) is 50.8 Å². The van der Waals surface area contributed by atoms with Gasteiger partial charge in [0.1, 0.15) is 11.4 Å². The highest BCUT2D eigenvalue weighted by atomic mass is 16.6. The Kier molecular flexibility index (Phi) is 6.95. The molecule has 1 aliphatic heterocycles.